The zero-order valence-electron chi connectivity index (χ0n) is 11.1. The van der Waals surface area contributed by atoms with Gasteiger partial charge >= 0.3 is 0 Å². The molecule has 96 valence electrons. The third-order valence-electron chi connectivity index (χ3n) is 3.31. The molecule has 0 saturated carbocycles. The fraction of sp³-hybridized carbons (Fsp3) is 0.333. The minimum absolute atomic E-state index is 0.0158. The van der Waals surface area contributed by atoms with Gasteiger partial charge in [-0.2, -0.15) is 0 Å². The zero-order chi connectivity index (χ0) is 13.1. The lowest BCUT2D eigenvalue weighted by Crippen LogP contribution is -2.14. The van der Waals surface area contributed by atoms with E-state index in [4.69, 9.17) is 10.5 Å². The summed E-state index contributed by atoms with van der Waals surface area (Å²) in [5, 5.41) is 2.08. The maximum absolute atomic E-state index is 6.31. The van der Waals surface area contributed by atoms with Crippen LogP contribution in [0.4, 0.5) is 0 Å². The van der Waals surface area contributed by atoms with Crippen molar-refractivity contribution in [3.05, 3.63) is 51.2 Å². The molecule has 2 N–H and O–H groups in total. The lowest BCUT2D eigenvalue weighted by atomic mass is 9.97. The predicted molar refractivity (Wildman–Crippen MR) is 77.4 cm³/mol. The number of benzene rings is 1. The van der Waals surface area contributed by atoms with E-state index in [1.54, 1.807) is 18.4 Å². The first-order valence-corrected chi connectivity index (χ1v) is 6.93. The van der Waals surface area contributed by atoms with Crippen molar-refractivity contribution in [1.29, 1.82) is 0 Å². The molecular weight excluding hydrogens is 242 g/mol. The van der Waals surface area contributed by atoms with Crippen LogP contribution in [0, 0.1) is 13.8 Å². The van der Waals surface area contributed by atoms with Crippen molar-refractivity contribution >= 4 is 11.3 Å². The van der Waals surface area contributed by atoms with Crippen LogP contribution in [0.5, 0.6) is 5.75 Å². The molecule has 0 spiro atoms. The van der Waals surface area contributed by atoms with Crippen LogP contribution in [-0.4, -0.2) is 7.11 Å². The Hall–Kier alpha value is -1.32. The first-order valence-electron chi connectivity index (χ1n) is 6.05. The van der Waals surface area contributed by atoms with Crippen molar-refractivity contribution in [3.8, 4) is 5.75 Å². The van der Waals surface area contributed by atoms with Gasteiger partial charge in [0.1, 0.15) is 5.75 Å². The summed E-state index contributed by atoms with van der Waals surface area (Å²) >= 11 is 1.75. The summed E-state index contributed by atoms with van der Waals surface area (Å²) in [5.41, 5.74) is 9.81. The van der Waals surface area contributed by atoms with E-state index in [1.807, 2.05) is 0 Å². The molecule has 18 heavy (non-hydrogen) atoms. The standard InChI is InChI=1S/C15H19NOS/c1-10-6-7-13(15(17-3)11(10)2)14(16)9-12-5-4-8-18-12/h4-8,14H,9,16H2,1-3H3. The Morgan fingerprint density at radius 2 is 2.06 bits per heavy atom. The Kier molecular flexibility index (Phi) is 4.04. The van der Waals surface area contributed by atoms with Gasteiger partial charge in [0.2, 0.25) is 0 Å². The van der Waals surface area contributed by atoms with E-state index in [9.17, 15) is 0 Å². The monoisotopic (exact) mass is 261 g/mol. The molecular formula is C15H19NOS. The summed E-state index contributed by atoms with van der Waals surface area (Å²) in [6.07, 6.45) is 0.858. The molecule has 2 nitrogen and oxygen atoms in total. The number of aryl methyl sites for hydroxylation is 1. The Morgan fingerprint density at radius 3 is 2.67 bits per heavy atom. The fourth-order valence-electron chi connectivity index (χ4n) is 2.13. The molecule has 0 fully saturated rings. The molecule has 1 unspecified atom stereocenters. The number of ether oxygens (including phenoxy) is 1. The highest BCUT2D eigenvalue weighted by molar-refractivity contribution is 7.09. The van der Waals surface area contributed by atoms with Gasteiger partial charge in [0.05, 0.1) is 7.11 Å². The summed E-state index contributed by atoms with van der Waals surface area (Å²) in [7, 11) is 1.71. The lowest BCUT2D eigenvalue weighted by Gasteiger charge is -2.18. The van der Waals surface area contributed by atoms with Crippen LogP contribution in [0.15, 0.2) is 29.6 Å². The molecule has 0 saturated heterocycles. The molecule has 0 aliphatic rings. The molecule has 1 aromatic heterocycles. The van der Waals surface area contributed by atoms with E-state index in [-0.39, 0.29) is 6.04 Å². The highest BCUT2D eigenvalue weighted by Gasteiger charge is 2.15. The second-order valence-electron chi connectivity index (χ2n) is 4.52. The van der Waals surface area contributed by atoms with Crippen LogP contribution < -0.4 is 10.5 Å². The molecule has 2 rings (SSSR count). The predicted octanol–water partition coefficient (Wildman–Crippen LogP) is 3.62. The average molecular weight is 261 g/mol. The number of rotatable bonds is 4. The van der Waals surface area contributed by atoms with E-state index < -0.39 is 0 Å². The second kappa shape index (κ2) is 5.55. The van der Waals surface area contributed by atoms with Crippen molar-refractivity contribution in [2.45, 2.75) is 26.3 Å². The van der Waals surface area contributed by atoms with E-state index in [0.29, 0.717) is 0 Å². The molecule has 1 atom stereocenters. The van der Waals surface area contributed by atoms with Gasteiger partial charge in [-0.25, -0.2) is 0 Å². The molecule has 1 aromatic carbocycles. The highest BCUT2D eigenvalue weighted by Crippen LogP contribution is 2.31. The summed E-state index contributed by atoms with van der Waals surface area (Å²) < 4.78 is 5.52. The molecule has 0 bridgehead atoms. The third-order valence-corrected chi connectivity index (χ3v) is 4.21. The van der Waals surface area contributed by atoms with Crippen molar-refractivity contribution in [2.24, 2.45) is 5.73 Å². The molecule has 0 radical (unpaired) electrons. The minimum Gasteiger partial charge on any atom is -0.496 e. The third kappa shape index (κ3) is 2.57. The van der Waals surface area contributed by atoms with Gasteiger partial charge in [-0.05, 0) is 36.4 Å². The molecule has 0 aliphatic heterocycles. The number of hydrogen-bond acceptors (Lipinski definition) is 3. The van der Waals surface area contributed by atoms with Gasteiger partial charge in [-0.1, -0.05) is 18.2 Å². The first-order chi connectivity index (χ1) is 8.63. The van der Waals surface area contributed by atoms with Gasteiger partial charge < -0.3 is 10.5 Å². The van der Waals surface area contributed by atoms with Crippen molar-refractivity contribution in [3.63, 3.8) is 0 Å². The maximum atomic E-state index is 6.31. The van der Waals surface area contributed by atoms with Crippen LogP contribution >= 0.6 is 11.3 Å². The highest BCUT2D eigenvalue weighted by atomic mass is 32.1. The number of nitrogens with two attached hydrogens (primary N) is 1. The molecule has 1 heterocycles. The lowest BCUT2D eigenvalue weighted by molar-refractivity contribution is 0.402. The molecule has 0 amide bonds. The number of methoxy groups -OCH3 is 1. The average Bonchev–Trinajstić information content (AvgIpc) is 2.85. The van der Waals surface area contributed by atoms with Gasteiger partial charge in [0.25, 0.3) is 0 Å². The van der Waals surface area contributed by atoms with E-state index in [1.165, 1.54) is 16.0 Å². The zero-order valence-corrected chi connectivity index (χ0v) is 11.9. The SMILES string of the molecule is COc1c(C(N)Cc2cccs2)ccc(C)c1C. The summed E-state index contributed by atoms with van der Waals surface area (Å²) in [6.45, 7) is 4.17. The van der Waals surface area contributed by atoms with E-state index in [2.05, 4.69) is 43.5 Å². The summed E-state index contributed by atoms with van der Waals surface area (Å²) in [4.78, 5) is 1.31. The van der Waals surface area contributed by atoms with Crippen LogP contribution in [0.2, 0.25) is 0 Å². The second-order valence-corrected chi connectivity index (χ2v) is 5.55. The number of thiophene rings is 1. The largest absolute Gasteiger partial charge is 0.496 e. The summed E-state index contributed by atoms with van der Waals surface area (Å²) in [5.74, 6) is 0.930. The van der Waals surface area contributed by atoms with Gasteiger partial charge in [-0.15, -0.1) is 11.3 Å². The van der Waals surface area contributed by atoms with Crippen molar-refractivity contribution in [2.75, 3.05) is 7.11 Å². The quantitative estimate of drug-likeness (QED) is 0.912. The van der Waals surface area contributed by atoms with Crippen LogP contribution in [0.1, 0.15) is 27.6 Å². The van der Waals surface area contributed by atoms with Gasteiger partial charge in [0, 0.05) is 22.9 Å². The Bertz CT molecular complexity index is 520. The van der Waals surface area contributed by atoms with Crippen molar-refractivity contribution < 1.29 is 4.74 Å². The topological polar surface area (TPSA) is 35.2 Å². The van der Waals surface area contributed by atoms with Crippen LogP contribution in [-0.2, 0) is 6.42 Å². The number of hydrogen-bond donors (Lipinski definition) is 1. The smallest absolute Gasteiger partial charge is 0.126 e. The van der Waals surface area contributed by atoms with Gasteiger partial charge in [0.15, 0.2) is 0 Å². The fourth-order valence-corrected chi connectivity index (χ4v) is 2.89. The normalized spacial score (nSPS) is 12.4. The maximum Gasteiger partial charge on any atom is 0.126 e. The van der Waals surface area contributed by atoms with E-state index in [0.717, 1.165) is 17.7 Å². The van der Waals surface area contributed by atoms with Crippen LogP contribution in [0.3, 0.4) is 0 Å². The van der Waals surface area contributed by atoms with E-state index >= 15 is 0 Å². The molecule has 3 heteroatoms. The summed E-state index contributed by atoms with van der Waals surface area (Å²) in [6, 6.07) is 8.36. The Morgan fingerprint density at radius 1 is 1.28 bits per heavy atom. The van der Waals surface area contributed by atoms with Crippen molar-refractivity contribution in [1.82, 2.24) is 0 Å². The molecule has 0 aliphatic carbocycles. The molecule has 2 aromatic rings. The Balaban J connectivity index is 2.30. The minimum atomic E-state index is -0.0158. The Labute approximate surface area is 112 Å². The van der Waals surface area contributed by atoms with Crippen LogP contribution in [0.25, 0.3) is 0 Å². The van der Waals surface area contributed by atoms with Gasteiger partial charge in [-0.3, -0.25) is 0 Å². The first kappa shape index (κ1) is 13.1.